The van der Waals surface area contributed by atoms with Gasteiger partial charge >= 0.3 is 0 Å². The number of carbonyl (C=O) groups is 1. The van der Waals surface area contributed by atoms with Gasteiger partial charge in [-0.05, 0) is 12.8 Å². The zero-order valence-electron chi connectivity index (χ0n) is 9.18. The lowest BCUT2D eigenvalue weighted by molar-refractivity contribution is 0.112. The Kier molecular flexibility index (Phi) is 2.29. The third kappa shape index (κ3) is 1.67. The van der Waals surface area contributed by atoms with Gasteiger partial charge in [0.15, 0.2) is 6.29 Å². The van der Waals surface area contributed by atoms with Crippen LogP contribution in [-0.2, 0) is 7.05 Å². The maximum absolute atomic E-state index is 11.0. The average molecular weight is 252 g/mol. The highest BCUT2D eigenvalue weighted by molar-refractivity contribution is 6.32. The van der Waals surface area contributed by atoms with Crippen LogP contribution < -0.4 is 0 Å². The quantitative estimate of drug-likeness (QED) is 0.786. The largest absolute Gasteiger partial charge is 0.360 e. The topological polar surface area (TPSA) is 60.9 Å². The molecule has 88 valence electrons. The minimum Gasteiger partial charge on any atom is -0.360 e. The van der Waals surface area contributed by atoms with Gasteiger partial charge in [-0.25, -0.2) is 0 Å². The highest BCUT2D eigenvalue weighted by Crippen LogP contribution is 2.41. The van der Waals surface area contributed by atoms with Crippen molar-refractivity contribution < 1.29 is 9.32 Å². The molecule has 0 aliphatic heterocycles. The Morgan fingerprint density at radius 1 is 1.59 bits per heavy atom. The maximum atomic E-state index is 11.0. The van der Waals surface area contributed by atoms with E-state index < -0.39 is 0 Å². The van der Waals surface area contributed by atoms with Crippen LogP contribution in [0.15, 0.2) is 10.6 Å². The number of halogens is 1. The van der Waals surface area contributed by atoms with Crippen LogP contribution in [-0.4, -0.2) is 21.2 Å². The zero-order chi connectivity index (χ0) is 12.0. The molecule has 1 fully saturated rings. The molecule has 1 aliphatic carbocycles. The molecule has 2 aromatic rings. The molecule has 6 heteroatoms. The fourth-order valence-corrected chi connectivity index (χ4v) is 1.95. The predicted molar refractivity (Wildman–Crippen MR) is 61.1 cm³/mol. The van der Waals surface area contributed by atoms with E-state index in [1.807, 2.05) is 6.07 Å². The van der Waals surface area contributed by atoms with E-state index in [-0.39, 0.29) is 0 Å². The smallest absolute Gasteiger partial charge is 0.155 e. The molecule has 2 heterocycles. The molecule has 17 heavy (non-hydrogen) atoms. The lowest BCUT2D eigenvalue weighted by Crippen LogP contribution is -1.89. The van der Waals surface area contributed by atoms with E-state index in [1.54, 1.807) is 7.05 Å². The molecule has 1 aliphatic rings. The van der Waals surface area contributed by atoms with Crippen molar-refractivity contribution in [3.8, 4) is 11.4 Å². The van der Waals surface area contributed by atoms with Crippen LogP contribution in [0.4, 0.5) is 0 Å². The summed E-state index contributed by atoms with van der Waals surface area (Å²) in [7, 11) is 1.68. The molecule has 0 spiro atoms. The van der Waals surface area contributed by atoms with E-state index in [0.717, 1.165) is 18.6 Å². The van der Waals surface area contributed by atoms with Crippen LogP contribution in [0.1, 0.15) is 34.9 Å². The minimum atomic E-state index is 0.311. The molecule has 0 radical (unpaired) electrons. The summed E-state index contributed by atoms with van der Waals surface area (Å²) in [6, 6.07) is 1.84. The van der Waals surface area contributed by atoms with Gasteiger partial charge in [-0.2, -0.15) is 5.10 Å². The Morgan fingerprint density at radius 3 is 3.00 bits per heavy atom. The number of aromatic nitrogens is 3. The van der Waals surface area contributed by atoms with Gasteiger partial charge in [0.2, 0.25) is 0 Å². The van der Waals surface area contributed by atoms with Gasteiger partial charge in [-0.15, -0.1) is 0 Å². The Bertz CT molecular complexity index is 584. The fourth-order valence-electron chi connectivity index (χ4n) is 1.77. The Balaban J connectivity index is 2.07. The molecule has 0 aromatic carbocycles. The number of aryl methyl sites for hydroxylation is 1. The van der Waals surface area contributed by atoms with Gasteiger partial charge in [0.05, 0.1) is 5.56 Å². The summed E-state index contributed by atoms with van der Waals surface area (Å²) in [6.45, 7) is 0. The summed E-state index contributed by atoms with van der Waals surface area (Å²) in [5.74, 6) is 1.34. The molecule has 5 nitrogen and oxygen atoms in total. The average Bonchev–Trinajstić information content (AvgIpc) is 2.99. The van der Waals surface area contributed by atoms with Crippen molar-refractivity contribution in [2.45, 2.75) is 18.8 Å². The molecule has 0 bridgehead atoms. The van der Waals surface area contributed by atoms with Crippen LogP contribution in [0, 0.1) is 0 Å². The second kappa shape index (κ2) is 3.70. The number of carbonyl (C=O) groups excluding carboxylic acids is 1. The first-order valence-corrected chi connectivity index (χ1v) is 5.73. The fraction of sp³-hybridized carbons (Fsp3) is 0.364. The Morgan fingerprint density at radius 2 is 2.35 bits per heavy atom. The first kappa shape index (κ1) is 10.5. The monoisotopic (exact) mass is 251 g/mol. The molecular formula is C11H10ClN3O2. The second-order valence-corrected chi connectivity index (χ2v) is 4.54. The van der Waals surface area contributed by atoms with Crippen LogP contribution in [0.3, 0.4) is 0 Å². The molecule has 0 atom stereocenters. The van der Waals surface area contributed by atoms with Crippen LogP contribution >= 0.6 is 11.6 Å². The van der Waals surface area contributed by atoms with Crippen LogP contribution in [0.5, 0.6) is 0 Å². The van der Waals surface area contributed by atoms with Crippen molar-refractivity contribution in [3.63, 3.8) is 0 Å². The molecule has 3 rings (SSSR count). The first-order chi connectivity index (χ1) is 8.20. The van der Waals surface area contributed by atoms with Crippen molar-refractivity contribution in [1.29, 1.82) is 0 Å². The number of rotatable bonds is 3. The highest BCUT2D eigenvalue weighted by atomic mass is 35.5. The summed E-state index contributed by atoms with van der Waals surface area (Å²) >= 11 is 5.96. The van der Waals surface area contributed by atoms with Gasteiger partial charge in [0.25, 0.3) is 0 Å². The number of nitrogens with zero attached hydrogens (tertiary/aromatic N) is 3. The van der Waals surface area contributed by atoms with Gasteiger partial charge in [0.1, 0.15) is 22.3 Å². The number of hydrogen-bond acceptors (Lipinski definition) is 4. The lowest BCUT2D eigenvalue weighted by atomic mass is 10.2. The molecule has 0 saturated heterocycles. The van der Waals surface area contributed by atoms with Gasteiger partial charge in [-0.1, -0.05) is 16.8 Å². The molecule has 1 saturated carbocycles. The zero-order valence-corrected chi connectivity index (χ0v) is 9.94. The molecule has 0 unspecified atom stereocenters. The van der Waals surface area contributed by atoms with Gasteiger partial charge < -0.3 is 4.52 Å². The molecule has 0 N–H and O–H groups in total. The normalized spacial score (nSPS) is 15.2. The number of aldehydes is 1. The minimum absolute atomic E-state index is 0.311. The summed E-state index contributed by atoms with van der Waals surface area (Å²) < 4.78 is 6.68. The van der Waals surface area contributed by atoms with Crippen molar-refractivity contribution >= 4 is 17.9 Å². The highest BCUT2D eigenvalue weighted by Gasteiger charge is 2.29. The Hall–Kier alpha value is -1.62. The van der Waals surface area contributed by atoms with Crippen molar-refractivity contribution in [2.24, 2.45) is 7.05 Å². The summed E-state index contributed by atoms with van der Waals surface area (Å²) in [6.07, 6.45) is 2.96. The van der Waals surface area contributed by atoms with Gasteiger partial charge in [-0.3, -0.25) is 9.48 Å². The van der Waals surface area contributed by atoms with Crippen LogP contribution in [0.25, 0.3) is 11.4 Å². The maximum Gasteiger partial charge on any atom is 0.155 e. The van der Waals surface area contributed by atoms with E-state index in [4.69, 9.17) is 16.1 Å². The SMILES string of the molecule is Cn1nc(-c2cc(C3CC3)on2)c(C=O)c1Cl. The summed E-state index contributed by atoms with van der Waals surface area (Å²) in [5.41, 5.74) is 1.39. The first-order valence-electron chi connectivity index (χ1n) is 5.35. The summed E-state index contributed by atoms with van der Waals surface area (Å²) in [5, 5.41) is 8.43. The predicted octanol–water partition coefficient (Wildman–Crippen LogP) is 2.42. The molecular weight excluding hydrogens is 242 g/mol. The van der Waals surface area contributed by atoms with Crippen molar-refractivity contribution in [2.75, 3.05) is 0 Å². The second-order valence-electron chi connectivity index (χ2n) is 4.18. The van der Waals surface area contributed by atoms with E-state index in [0.29, 0.717) is 34.3 Å². The van der Waals surface area contributed by atoms with Gasteiger partial charge in [0, 0.05) is 19.0 Å². The van der Waals surface area contributed by atoms with E-state index in [2.05, 4.69) is 10.3 Å². The lowest BCUT2D eigenvalue weighted by Gasteiger charge is -1.88. The Labute approximate surface area is 102 Å². The third-order valence-electron chi connectivity index (χ3n) is 2.88. The van der Waals surface area contributed by atoms with E-state index in [9.17, 15) is 4.79 Å². The molecule has 2 aromatic heterocycles. The number of hydrogen-bond donors (Lipinski definition) is 0. The van der Waals surface area contributed by atoms with E-state index >= 15 is 0 Å². The van der Waals surface area contributed by atoms with E-state index in [1.165, 1.54) is 4.68 Å². The third-order valence-corrected chi connectivity index (χ3v) is 3.33. The standard InChI is InChI=1S/C11H10ClN3O2/c1-15-11(12)7(5-16)10(13-15)8-4-9(17-14-8)6-2-3-6/h4-6H,2-3H2,1H3. The summed E-state index contributed by atoms with van der Waals surface area (Å²) in [4.78, 5) is 11.0. The van der Waals surface area contributed by atoms with Crippen molar-refractivity contribution in [1.82, 2.24) is 14.9 Å². The van der Waals surface area contributed by atoms with Crippen LogP contribution in [0.2, 0.25) is 5.15 Å². The molecule has 0 amide bonds. The van der Waals surface area contributed by atoms with Crippen molar-refractivity contribution in [3.05, 3.63) is 22.5 Å².